The van der Waals surface area contributed by atoms with Gasteiger partial charge in [0.15, 0.2) is 5.82 Å². The van der Waals surface area contributed by atoms with Crippen LogP contribution in [-0.2, 0) is 4.74 Å². The van der Waals surface area contributed by atoms with Gasteiger partial charge in [0, 0.05) is 42.1 Å². The number of aromatic amines is 1. The molecule has 1 aliphatic heterocycles. The predicted octanol–water partition coefficient (Wildman–Crippen LogP) is 1.97. The minimum Gasteiger partial charge on any atom is -0.491 e. The van der Waals surface area contributed by atoms with Crippen LogP contribution in [0, 0.1) is 6.92 Å². The Morgan fingerprint density at radius 2 is 2.15 bits per heavy atom. The smallest absolute Gasteiger partial charge is 0.247 e. The van der Waals surface area contributed by atoms with Gasteiger partial charge in [-0.15, -0.1) is 0 Å². The van der Waals surface area contributed by atoms with Crippen LogP contribution < -0.4 is 20.9 Å². The Balaban J connectivity index is 1.69. The lowest BCUT2D eigenvalue weighted by atomic mass is 10.1. The highest BCUT2D eigenvalue weighted by molar-refractivity contribution is 5.72. The Bertz CT molecular complexity index is 1120. The monoisotopic (exact) mass is 451 g/mol. The normalized spacial score (nSPS) is 16.5. The average molecular weight is 452 g/mol. The number of pyridine rings is 1. The minimum absolute atomic E-state index is 0.169. The van der Waals surface area contributed by atoms with Crippen molar-refractivity contribution >= 4 is 5.82 Å². The van der Waals surface area contributed by atoms with Crippen LogP contribution in [0.15, 0.2) is 47.4 Å². The Morgan fingerprint density at radius 1 is 1.27 bits per heavy atom. The molecule has 0 saturated carbocycles. The van der Waals surface area contributed by atoms with Crippen molar-refractivity contribution in [2.75, 3.05) is 38.7 Å². The van der Waals surface area contributed by atoms with E-state index in [9.17, 15) is 9.90 Å². The van der Waals surface area contributed by atoms with E-state index in [1.165, 1.54) is 6.07 Å². The van der Waals surface area contributed by atoms with Crippen molar-refractivity contribution in [3.05, 3.63) is 58.5 Å². The van der Waals surface area contributed by atoms with Crippen LogP contribution in [0.5, 0.6) is 5.75 Å². The Kier molecular flexibility index (Phi) is 7.33. The molecule has 4 rings (SSSR count). The summed E-state index contributed by atoms with van der Waals surface area (Å²) in [7, 11) is 1.78. The summed E-state index contributed by atoms with van der Waals surface area (Å²) < 4.78 is 11.3. The minimum atomic E-state index is -0.606. The standard InChI is InChI=1S/C24H29N5O4/c1-15-22(17-6-7-21(31)26-11-17)28-24(29-23(15)27-18-8-9-32-13-18)16-4-3-5-20(10-16)33-14-19(30)12-25-2/h3-7,10-11,18-19,25,30H,8-9,12-14H2,1-2H3,(H,26,31)(H,27,28,29)/t18-,19?/m1/s1. The molecule has 0 radical (unpaired) electrons. The molecule has 33 heavy (non-hydrogen) atoms. The molecule has 1 fully saturated rings. The number of likely N-dealkylation sites (N-methyl/N-ethyl adjacent to an activating group) is 1. The summed E-state index contributed by atoms with van der Waals surface area (Å²) in [5.74, 6) is 1.88. The summed E-state index contributed by atoms with van der Waals surface area (Å²) in [6.07, 6.45) is 1.96. The van der Waals surface area contributed by atoms with E-state index in [2.05, 4.69) is 15.6 Å². The molecule has 1 aromatic carbocycles. The van der Waals surface area contributed by atoms with Gasteiger partial charge in [0.05, 0.1) is 18.3 Å². The highest BCUT2D eigenvalue weighted by atomic mass is 16.5. The van der Waals surface area contributed by atoms with Crippen LogP contribution in [0.2, 0.25) is 0 Å². The van der Waals surface area contributed by atoms with Crippen LogP contribution >= 0.6 is 0 Å². The van der Waals surface area contributed by atoms with E-state index in [4.69, 9.17) is 19.4 Å². The lowest BCUT2D eigenvalue weighted by Gasteiger charge is -2.18. The molecule has 1 aliphatic rings. The maximum absolute atomic E-state index is 11.6. The fourth-order valence-corrected chi connectivity index (χ4v) is 3.68. The molecule has 1 saturated heterocycles. The Labute approximate surface area is 192 Å². The summed E-state index contributed by atoms with van der Waals surface area (Å²) in [5.41, 5.74) is 3.03. The van der Waals surface area contributed by atoms with Crippen molar-refractivity contribution in [3.63, 3.8) is 0 Å². The van der Waals surface area contributed by atoms with Gasteiger partial charge in [-0.25, -0.2) is 9.97 Å². The third kappa shape index (κ3) is 5.75. The zero-order valence-corrected chi connectivity index (χ0v) is 18.8. The first-order valence-corrected chi connectivity index (χ1v) is 11.0. The summed E-state index contributed by atoms with van der Waals surface area (Å²) >= 11 is 0. The fraction of sp³-hybridized carbons (Fsp3) is 0.375. The van der Waals surface area contributed by atoms with E-state index in [1.54, 1.807) is 19.3 Å². The Hall–Kier alpha value is -3.27. The number of anilines is 1. The molecule has 0 bridgehead atoms. The zero-order chi connectivity index (χ0) is 23.2. The number of aliphatic hydroxyl groups excluding tert-OH is 1. The second kappa shape index (κ2) is 10.6. The second-order valence-corrected chi connectivity index (χ2v) is 8.07. The molecule has 2 atom stereocenters. The molecule has 1 unspecified atom stereocenters. The van der Waals surface area contributed by atoms with Crippen molar-refractivity contribution in [2.24, 2.45) is 0 Å². The summed E-state index contributed by atoms with van der Waals surface area (Å²) in [6.45, 7) is 3.94. The number of nitrogens with one attached hydrogen (secondary N) is 3. The number of H-pyrrole nitrogens is 1. The molecule has 3 heterocycles. The second-order valence-electron chi connectivity index (χ2n) is 8.07. The number of benzene rings is 1. The third-order valence-corrected chi connectivity index (χ3v) is 5.45. The number of hydrogen-bond donors (Lipinski definition) is 4. The number of aromatic nitrogens is 3. The van der Waals surface area contributed by atoms with E-state index in [0.29, 0.717) is 24.7 Å². The molecular weight excluding hydrogens is 422 g/mol. The number of nitrogens with zero attached hydrogens (tertiary/aromatic N) is 2. The lowest BCUT2D eigenvalue weighted by Crippen LogP contribution is -2.29. The molecule has 0 aliphatic carbocycles. The molecule has 9 nitrogen and oxygen atoms in total. The van der Waals surface area contributed by atoms with E-state index in [1.807, 2.05) is 31.2 Å². The first-order valence-electron chi connectivity index (χ1n) is 11.0. The van der Waals surface area contributed by atoms with Gasteiger partial charge < -0.3 is 30.2 Å². The van der Waals surface area contributed by atoms with Crippen LogP contribution in [-0.4, -0.2) is 65.6 Å². The van der Waals surface area contributed by atoms with Crippen LogP contribution in [0.1, 0.15) is 12.0 Å². The first-order chi connectivity index (χ1) is 16.0. The quantitative estimate of drug-likeness (QED) is 0.390. The van der Waals surface area contributed by atoms with Gasteiger partial charge in [-0.1, -0.05) is 12.1 Å². The number of ether oxygens (including phenoxy) is 2. The average Bonchev–Trinajstić information content (AvgIpc) is 3.33. The van der Waals surface area contributed by atoms with Crippen LogP contribution in [0.4, 0.5) is 5.82 Å². The van der Waals surface area contributed by atoms with Gasteiger partial charge in [-0.2, -0.15) is 0 Å². The van der Waals surface area contributed by atoms with Gasteiger partial charge >= 0.3 is 0 Å². The van der Waals surface area contributed by atoms with Crippen molar-refractivity contribution in [3.8, 4) is 28.4 Å². The van der Waals surface area contributed by atoms with Crippen molar-refractivity contribution in [2.45, 2.75) is 25.5 Å². The number of rotatable bonds is 9. The van der Waals surface area contributed by atoms with Gasteiger partial charge in [-0.3, -0.25) is 4.79 Å². The van der Waals surface area contributed by atoms with E-state index in [-0.39, 0.29) is 18.2 Å². The number of hydrogen-bond acceptors (Lipinski definition) is 8. The molecule has 9 heteroatoms. The fourth-order valence-electron chi connectivity index (χ4n) is 3.68. The zero-order valence-electron chi connectivity index (χ0n) is 18.8. The first kappa shape index (κ1) is 22.9. The SMILES string of the molecule is CNCC(O)COc1cccc(-c2nc(N[C@@H]3CCOC3)c(C)c(-c3ccc(=O)[nH]c3)n2)c1. The highest BCUT2D eigenvalue weighted by Crippen LogP contribution is 2.30. The lowest BCUT2D eigenvalue weighted by molar-refractivity contribution is 0.108. The molecule has 174 valence electrons. The third-order valence-electron chi connectivity index (χ3n) is 5.45. The Morgan fingerprint density at radius 3 is 2.88 bits per heavy atom. The van der Waals surface area contributed by atoms with Crippen molar-refractivity contribution < 1.29 is 14.6 Å². The van der Waals surface area contributed by atoms with Gasteiger partial charge in [0.25, 0.3) is 0 Å². The van der Waals surface area contributed by atoms with Crippen LogP contribution in [0.25, 0.3) is 22.6 Å². The van der Waals surface area contributed by atoms with Crippen molar-refractivity contribution in [1.82, 2.24) is 20.3 Å². The van der Waals surface area contributed by atoms with E-state index < -0.39 is 6.10 Å². The summed E-state index contributed by atoms with van der Waals surface area (Å²) in [5, 5.41) is 16.3. The van der Waals surface area contributed by atoms with Crippen molar-refractivity contribution in [1.29, 1.82) is 0 Å². The van der Waals surface area contributed by atoms with Gasteiger partial charge in [0.2, 0.25) is 5.56 Å². The van der Waals surface area contributed by atoms with Gasteiger partial charge in [-0.05, 0) is 38.6 Å². The number of aliphatic hydroxyl groups is 1. The van der Waals surface area contributed by atoms with Gasteiger partial charge in [0.1, 0.15) is 24.3 Å². The largest absolute Gasteiger partial charge is 0.491 e. The molecule has 2 aromatic heterocycles. The molecule has 4 N–H and O–H groups in total. The summed E-state index contributed by atoms with van der Waals surface area (Å²) in [4.78, 5) is 23.9. The summed E-state index contributed by atoms with van der Waals surface area (Å²) in [6, 6.07) is 10.9. The van der Waals surface area contributed by atoms with Crippen LogP contribution in [0.3, 0.4) is 0 Å². The predicted molar refractivity (Wildman–Crippen MR) is 127 cm³/mol. The maximum atomic E-state index is 11.6. The molecule has 0 spiro atoms. The maximum Gasteiger partial charge on any atom is 0.247 e. The van der Waals surface area contributed by atoms with E-state index >= 15 is 0 Å². The van der Waals surface area contributed by atoms with E-state index in [0.717, 1.165) is 41.2 Å². The molecule has 3 aromatic rings. The highest BCUT2D eigenvalue weighted by Gasteiger charge is 2.20. The molecular formula is C24H29N5O4. The topological polar surface area (TPSA) is 121 Å². The molecule has 0 amide bonds.